The highest BCUT2D eigenvalue weighted by atomic mass is 32.1. The molecule has 1 aliphatic rings. The molecule has 0 bridgehead atoms. The molecule has 0 aromatic carbocycles. The lowest BCUT2D eigenvalue weighted by atomic mass is 9.97. The standard InChI is InChI=1S/C14H18N2O3S/c1-9(13-15-8-11(20-13)14(18)19)16-12(17)7-10-5-3-2-4-6-10/h5,8-9H,2-4,6-7H2,1H3,(H,16,17)(H,18,19). The molecule has 0 radical (unpaired) electrons. The molecule has 0 saturated heterocycles. The monoisotopic (exact) mass is 294 g/mol. The average Bonchev–Trinajstić information content (AvgIpc) is 2.89. The zero-order valence-electron chi connectivity index (χ0n) is 11.4. The van der Waals surface area contributed by atoms with Crippen LogP contribution in [0.2, 0.25) is 0 Å². The van der Waals surface area contributed by atoms with Gasteiger partial charge in [0.2, 0.25) is 5.91 Å². The van der Waals surface area contributed by atoms with Crippen LogP contribution in [0.5, 0.6) is 0 Å². The number of aromatic nitrogens is 1. The third-order valence-electron chi connectivity index (χ3n) is 3.25. The summed E-state index contributed by atoms with van der Waals surface area (Å²) in [5.41, 5.74) is 1.20. The number of aromatic carboxylic acids is 1. The van der Waals surface area contributed by atoms with E-state index in [1.54, 1.807) is 0 Å². The second-order valence-electron chi connectivity index (χ2n) is 4.94. The van der Waals surface area contributed by atoms with Crippen molar-refractivity contribution in [2.24, 2.45) is 0 Å². The van der Waals surface area contributed by atoms with Crippen molar-refractivity contribution in [1.29, 1.82) is 0 Å². The van der Waals surface area contributed by atoms with Gasteiger partial charge < -0.3 is 10.4 Å². The van der Waals surface area contributed by atoms with Gasteiger partial charge in [-0.2, -0.15) is 0 Å². The molecule has 0 aliphatic heterocycles. The highest BCUT2D eigenvalue weighted by Gasteiger charge is 2.17. The Kier molecular flexibility index (Phi) is 4.89. The lowest BCUT2D eigenvalue weighted by Gasteiger charge is -2.15. The van der Waals surface area contributed by atoms with Crippen molar-refractivity contribution >= 4 is 23.2 Å². The van der Waals surface area contributed by atoms with Crippen LogP contribution in [0.15, 0.2) is 17.8 Å². The lowest BCUT2D eigenvalue weighted by Crippen LogP contribution is -2.26. The molecule has 0 fully saturated rings. The van der Waals surface area contributed by atoms with E-state index in [-0.39, 0.29) is 16.8 Å². The quantitative estimate of drug-likeness (QED) is 0.818. The summed E-state index contributed by atoms with van der Waals surface area (Å²) < 4.78 is 0. The van der Waals surface area contributed by atoms with Crippen molar-refractivity contribution in [2.45, 2.75) is 45.1 Å². The molecule has 1 atom stereocenters. The highest BCUT2D eigenvalue weighted by Crippen LogP contribution is 2.22. The van der Waals surface area contributed by atoms with Gasteiger partial charge in [-0.1, -0.05) is 11.6 Å². The second kappa shape index (κ2) is 6.65. The van der Waals surface area contributed by atoms with Gasteiger partial charge in [-0.15, -0.1) is 11.3 Å². The Bertz CT molecular complexity index is 536. The Hall–Kier alpha value is -1.69. The first-order chi connectivity index (χ1) is 9.56. The topological polar surface area (TPSA) is 79.3 Å². The molecule has 1 aromatic rings. The number of hydrogen-bond donors (Lipinski definition) is 2. The van der Waals surface area contributed by atoms with Gasteiger partial charge >= 0.3 is 5.97 Å². The molecule has 1 unspecified atom stereocenters. The van der Waals surface area contributed by atoms with Gasteiger partial charge in [-0.3, -0.25) is 4.79 Å². The number of carbonyl (C=O) groups is 2. The Labute approximate surface area is 121 Å². The van der Waals surface area contributed by atoms with Gasteiger partial charge in [0.25, 0.3) is 0 Å². The van der Waals surface area contributed by atoms with Gasteiger partial charge in [0.05, 0.1) is 12.2 Å². The van der Waals surface area contributed by atoms with Crippen molar-refractivity contribution in [3.63, 3.8) is 0 Å². The predicted molar refractivity (Wildman–Crippen MR) is 76.8 cm³/mol. The van der Waals surface area contributed by atoms with Gasteiger partial charge in [-0.25, -0.2) is 9.78 Å². The van der Waals surface area contributed by atoms with Crippen LogP contribution in [0.25, 0.3) is 0 Å². The van der Waals surface area contributed by atoms with Crippen LogP contribution in [0.1, 0.15) is 59.7 Å². The molecular weight excluding hydrogens is 276 g/mol. The van der Waals surface area contributed by atoms with E-state index < -0.39 is 5.97 Å². The number of amides is 1. The van der Waals surface area contributed by atoms with E-state index in [0.29, 0.717) is 11.4 Å². The normalized spacial score (nSPS) is 16.4. The summed E-state index contributed by atoms with van der Waals surface area (Å²) in [6.07, 6.45) is 8.34. The maximum atomic E-state index is 11.9. The first-order valence-corrected chi connectivity index (χ1v) is 7.54. The van der Waals surface area contributed by atoms with Crippen LogP contribution >= 0.6 is 11.3 Å². The molecule has 5 nitrogen and oxygen atoms in total. The Morgan fingerprint density at radius 1 is 1.50 bits per heavy atom. The van der Waals surface area contributed by atoms with Crippen LogP contribution in [0, 0.1) is 0 Å². The maximum absolute atomic E-state index is 11.9. The second-order valence-corrected chi connectivity index (χ2v) is 6.00. The number of allylic oxidation sites excluding steroid dienone is 1. The summed E-state index contributed by atoms with van der Waals surface area (Å²) in [7, 11) is 0. The van der Waals surface area contributed by atoms with E-state index in [1.807, 2.05) is 6.92 Å². The Morgan fingerprint density at radius 2 is 2.30 bits per heavy atom. The third kappa shape index (κ3) is 3.90. The molecular formula is C14H18N2O3S. The Morgan fingerprint density at radius 3 is 2.90 bits per heavy atom. The Balaban J connectivity index is 1.89. The largest absolute Gasteiger partial charge is 0.477 e. The van der Waals surface area contributed by atoms with Crippen molar-refractivity contribution in [2.75, 3.05) is 0 Å². The summed E-state index contributed by atoms with van der Waals surface area (Å²) in [6, 6.07) is -0.259. The maximum Gasteiger partial charge on any atom is 0.347 e. The fourth-order valence-electron chi connectivity index (χ4n) is 2.21. The molecule has 2 N–H and O–H groups in total. The van der Waals surface area contributed by atoms with E-state index in [4.69, 9.17) is 5.11 Å². The molecule has 0 saturated carbocycles. The fourth-order valence-corrected chi connectivity index (χ4v) is 2.97. The first-order valence-electron chi connectivity index (χ1n) is 6.72. The summed E-state index contributed by atoms with van der Waals surface area (Å²) in [6.45, 7) is 1.82. The number of nitrogens with one attached hydrogen (secondary N) is 1. The van der Waals surface area contributed by atoms with E-state index in [1.165, 1.54) is 18.2 Å². The number of rotatable bonds is 5. The minimum Gasteiger partial charge on any atom is -0.477 e. The molecule has 108 valence electrons. The molecule has 6 heteroatoms. The number of thiazole rings is 1. The van der Waals surface area contributed by atoms with Crippen molar-refractivity contribution in [3.8, 4) is 0 Å². The zero-order chi connectivity index (χ0) is 14.5. The van der Waals surface area contributed by atoms with Crippen LogP contribution in [0.4, 0.5) is 0 Å². The van der Waals surface area contributed by atoms with Gasteiger partial charge in [0, 0.05) is 6.42 Å². The van der Waals surface area contributed by atoms with Crippen LogP contribution in [0.3, 0.4) is 0 Å². The lowest BCUT2D eigenvalue weighted by molar-refractivity contribution is -0.121. The molecule has 20 heavy (non-hydrogen) atoms. The molecule has 1 aliphatic carbocycles. The van der Waals surface area contributed by atoms with E-state index >= 15 is 0 Å². The van der Waals surface area contributed by atoms with Crippen LogP contribution in [-0.2, 0) is 4.79 Å². The van der Waals surface area contributed by atoms with Crippen LogP contribution in [-0.4, -0.2) is 22.0 Å². The van der Waals surface area contributed by atoms with E-state index in [2.05, 4.69) is 16.4 Å². The fraction of sp³-hybridized carbons (Fsp3) is 0.500. The molecule has 1 heterocycles. The van der Waals surface area contributed by atoms with E-state index in [0.717, 1.165) is 30.6 Å². The number of carboxylic acids is 1. The summed E-state index contributed by atoms with van der Waals surface area (Å²) in [4.78, 5) is 27.0. The number of hydrogen-bond acceptors (Lipinski definition) is 4. The van der Waals surface area contributed by atoms with E-state index in [9.17, 15) is 9.59 Å². The minimum absolute atomic E-state index is 0.0299. The van der Waals surface area contributed by atoms with Gasteiger partial charge in [-0.05, 0) is 32.6 Å². The summed E-state index contributed by atoms with van der Waals surface area (Å²) in [5.74, 6) is -1.02. The first kappa shape index (κ1) is 14.7. The number of nitrogens with zero attached hydrogens (tertiary/aromatic N) is 1. The summed E-state index contributed by atoms with van der Waals surface area (Å²) >= 11 is 1.10. The molecule has 0 spiro atoms. The van der Waals surface area contributed by atoms with Crippen LogP contribution < -0.4 is 5.32 Å². The SMILES string of the molecule is CC(NC(=O)CC1=CCCCC1)c1ncc(C(=O)O)s1. The molecule has 1 amide bonds. The predicted octanol–water partition coefficient (Wildman–Crippen LogP) is 2.91. The van der Waals surface area contributed by atoms with Crippen molar-refractivity contribution in [1.82, 2.24) is 10.3 Å². The van der Waals surface area contributed by atoms with Crippen molar-refractivity contribution < 1.29 is 14.7 Å². The third-order valence-corrected chi connectivity index (χ3v) is 4.42. The molecule has 2 rings (SSSR count). The highest BCUT2D eigenvalue weighted by molar-refractivity contribution is 7.13. The van der Waals surface area contributed by atoms with Crippen molar-refractivity contribution in [3.05, 3.63) is 27.7 Å². The number of carboxylic acid groups (broad SMARTS) is 1. The zero-order valence-corrected chi connectivity index (χ0v) is 12.2. The average molecular weight is 294 g/mol. The van der Waals surface area contributed by atoms with Gasteiger partial charge in [0.15, 0.2) is 0 Å². The number of carbonyl (C=O) groups excluding carboxylic acids is 1. The minimum atomic E-state index is -0.986. The molecule has 1 aromatic heterocycles. The van der Waals surface area contributed by atoms with Gasteiger partial charge in [0.1, 0.15) is 9.88 Å². The summed E-state index contributed by atoms with van der Waals surface area (Å²) in [5, 5.41) is 12.3. The smallest absolute Gasteiger partial charge is 0.347 e.